The Morgan fingerprint density at radius 3 is 2.30 bits per heavy atom. The molecule has 0 saturated heterocycles. The number of ether oxygens (including phenoxy) is 3. The Kier molecular flexibility index (Phi) is 12.1. The van der Waals surface area contributed by atoms with Gasteiger partial charge in [-0.1, -0.05) is 46.2 Å². The van der Waals surface area contributed by atoms with E-state index in [1.54, 1.807) is 49.5 Å². The molecule has 4 aromatic rings. The number of carbonyl (C=O) groups excluding carboxylic acids is 1. The van der Waals surface area contributed by atoms with Gasteiger partial charge in [-0.15, -0.1) is 0 Å². The van der Waals surface area contributed by atoms with E-state index >= 15 is 0 Å². The van der Waals surface area contributed by atoms with E-state index in [-0.39, 0.29) is 19.9 Å². The summed E-state index contributed by atoms with van der Waals surface area (Å²) in [5.41, 5.74) is 8.82. The minimum absolute atomic E-state index is 0. The summed E-state index contributed by atoms with van der Waals surface area (Å²) in [6.45, 7) is 4.25. The second kappa shape index (κ2) is 15.4. The molecule has 9 heteroatoms. The fourth-order valence-electron chi connectivity index (χ4n) is 3.38. The molecule has 3 aromatic carbocycles. The van der Waals surface area contributed by atoms with Gasteiger partial charge < -0.3 is 30.6 Å². The number of benzene rings is 3. The largest absolute Gasteiger partial charge is 0.495 e. The Morgan fingerprint density at radius 2 is 1.70 bits per heavy atom. The van der Waals surface area contributed by atoms with Crippen molar-refractivity contribution in [3.63, 3.8) is 0 Å². The van der Waals surface area contributed by atoms with Gasteiger partial charge in [0.1, 0.15) is 17.6 Å². The highest BCUT2D eigenvalue weighted by molar-refractivity contribution is 5.98. The molecule has 4 N–H and O–H groups in total. The maximum Gasteiger partial charge on any atom is 0.257 e. The predicted octanol–water partition coefficient (Wildman–Crippen LogP) is 6.80. The van der Waals surface area contributed by atoms with Crippen molar-refractivity contribution in [1.82, 2.24) is 10.3 Å². The van der Waals surface area contributed by atoms with Crippen molar-refractivity contribution in [2.45, 2.75) is 34.1 Å². The molecular weight excluding hydrogens is 506 g/mol. The van der Waals surface area contributed by atoms with Gasteiger partial charge in [0.25, 0.3) is 5.91 Å². The smallest absolute Gasteiger partial charge is 0.257 e. The summed E-state index contributed by atoms with van der Waals surface area (Å²) in [4.78, 5) is 15.8. The number of para-hydroxylation sites is 2. The number of nitrogens with one attached hydrogen (secondary N) is 2. The number of amides is 1. The molecule has 210 valence electrons. The van der Waals surface area contributed by atoms with Gasteiger partial charge in [-0.2, -0.15) is 5.26 Å². The number of nitrogen functional groups attached to an aromatic ring is 1. The van der Waals surface area contributed by atoms with E-state index in [4.69, 9.17) is 19.9 Å². The number of fused-ring (bicyclic) bond motifs is 1. The van der Waals surface area contributed by atoms with Gasteiger partial charge >= 0.3 is 0 Å². The third-order valence-corrected chi connectivity index (χ3v) is 5.68. The zero-order valence-electron chi connectivity index (χ0n) is 22.6. The summed E-state index contributed by atoms with van der Waals surface area (Å²) in [6.07, 6.45) is 4.14. The molecule has 0 saturated carbocycles. The van der Waals surface area contributed by atoms with E-state index in [2.05, 4.69) is 35.5 Å². The van der Waals surface area contributed by atoms with E-state index in [0.29, 0.717) is 50.8 Å². The van der Waals surface area contributed by atoms with Crippen molar-refractivity contribution in [2.75, 3.05) is 31.8 Å². The minimum Gasteiger partial charge on any atom is -0.495 e. The number of nitrogens with zero attached hydrogens (tertiary/aromatic N) is 2. The van der Waals surface area contributed by atoms with Crippen LogP contribution in [0.3, 0.4) is 0 Å². The quantitative estimate of drug-likeness (QED) is 0.196. The van der Waals surface area contributed by atoms with Crippen LogP contribution < -0.4 is 30.6 Å². The van der Waals surface area contributed by atoms with Gasteiger partial charge in [-0.3, -0.25) is 9.78 Å². The monoisotopic (exact) mass is 543 g/mol. The Bertz CT molecular complexity index is 1450. The van der Waals surface area contributed by atoms with E-state index in [9.17, 15) is 10.1 Å². The normalized spacial score (nSPS) is 9.78. The zero-order chi connectivity index (χ0) is 28.2. The van der Waals surface area contributed by atoms with Crippen LogP contribution >= 0.6 is 0 Å². The number of nitrogens with two attached hydrogens (primary N) is 1. The van der Waals surface area contributed by atoms with Crippen LogP contribution in [0.2, 0.25) is 0 Å². The summed E-state index contributed by atoms with van der Waals surface area (Å²) in [7, 11) is 3.08. The van der Waals surface area contributed by atoms with Gasteiger partial charge in [0.2, 0.25) is 0 Å². The molecule has 1 amide bonds. The topological polar surface area (TPSA) is 132 Å². The number of methoxy groups -OCH3 is 1. The van der Waals surface area contributed by atoms with Gasteiger partial charge in [0.05, 0.1) is 29.6 Å². The van der Waals surface area contributed by atoms with Crippen LogP contribution in [0, 0.1) is 11.3 Å². The number of aromatic nitrogens is 1. The highest BCUT2D eigenvalue weighted by Crippen LogP contribution is 2.36. The molecule has 0 unspecified atom stereocenters. The molecule has 0 bridgehead atoms. The molecule has 0 spiro atoms. The second-order valence-electron chi connectivity index (χ2n) is 8.43. The average Bonchev–Trinajstić information content (AvgIpc) is 2.97. The van der Waals surface area contributed by atoms with Crippen LogP contribution in [-0.2, 0) is 4.79 Å². The SMILES string of the molecule is C.CCCC.CNC(=O)COc1ccccc1Oc1ccc(Nc2c(C#N)cnc3cc(N)c(OC)cc23)cc1. The van der Waals surface area contributed by atoms with E-state index in [1.165, 1.54) is 26.1 Å². The first kappa shape index (κ1) is 31.2. The van der Waals surface area contributed by atoms with Crippen molar-refractivity contribution in [3.05, 3.63) is 72.4 Å². The highest BCUT2D eigenvalue weighted by Gasteiger charge is 2.13. The maximum absolute atomic E-state index is 11.5. The van der Waals surface area contributed by atoms with Crippen molar-refractivity contribution in [1.29, 1.82) is 5.26 Å². The van der Waals surface area contributed by atoms with Gasteiger partial charge in [0, 0.05) is 24.3 Å². The number of likely N-dealkylation sites (N-methyl/N-ethyl adjacent to an activating group) is 1. The fraction of sp³-hybridized carbons (Fsp3) is 0.258. The van der Waals surface area contributed by atoms with Crippen LogP contribution in [0.5, 0.6) is 23.0 Å². The maximum atomic E-state index is 11.5. The standard InChI is InChI=1S/C26H23N5O4.C4H10.CH4/c1-29-25(32)15-34-22-5-3-4-6-23(22)35-18-9-7-17(8-10-18)31-26-16(13-27)14-30-21-12-20(28)24(33-2)11-19(21)26;1-3-4-2;/h3-12,14H,15,28H2,1-2H3,(H,29,32)(H,30,31);3-4H2,1-2H3;1H4. The first-order valence-electron chi connectivity index (χ1n) is 12.6. The molecule has 0 aliphatic carbocycles. The predicted molar refractivity (Wildman–Crippen MR) is 161 cm³/mol. The Labute approximate surface area is 235 Å². The van der Waals surface area contributed by atoms with Crippen LogP contribution in [0.1, 0.15) is 39.7 Å². The van der Waals surface area contributed by atoms with Gasteiger partial charge in [0.15, 0.2) is 18.1 Å². The molecule has 0 radical (unpaired) electrons. The van der Waals surface area contributed by atoms with E-state index in [1.807, 2.05) is 18.2 Å². The molecule has 1 heterocycles. The summed E-state index contributed by atoms with van der Waals surface area (Å²) in [6, 6.07) is 20.0. The summed E-state index contributed by atoms with van der Waals surface area (Å²) >= 11 is 0. The van der Waals surface area contributed by atoms with Gasteiger partial charge in [-0.05, 0) is 48.5 Å². The number of pyridine rings is 1. The van der Waals surface area contributed by atoms with E-state index < -0.39 is 0 Å². The number of hydrogen-bond donors (Lipinski definition) is 3. The third kappa shape index (κ3) is 8.01. The minimum atomic E-state index is -0.240. The lowest BCUT2D eigenvalue weighted by molar-refractivity contribution is -0.122. The lowest BCUT2D eigenvalue weighted by Crippen LogP contribution is -2.24. The van der Waals surface area contributed by atoms with Crippen molar-refractivity contribution in [2.24, 2.45) is 0 Å². The molecule has 0 aliphatic rings. The Hall–Kier alpha value is -4.97. The Balaban J connectivity index is 0.00000105. The number of unbranched alkanes of at least 4 members (excludes halogenated alkanes) is 1. The van der Waals surface area contributed by atoms with Crippen LogP contribution in [-0.4, -0.2) is 31.7 Å². The molecule has 40 heavy (non-hydrogen) atoms. The van der Waals surface area contributed by atoms with Crippen LogP contribution in [0.15, 0.2) is 66.9 Å². The third-order valence-electron chi connectivity index (χ3n) is 5.68. The average molecular weight is 544 g/mol. The fourth-order valence-corrected chi connectivity index (χ4v) is 3.38. The van der Waals surface area contributed by atoms with Crippen LogP contribution in [0.4, 0.5) is 17.1 Å². The Morgan fingerprint density at radius 1 is 1.02 bits per heavy atom. The lowest BCUT2D eigenvalue weighted by Gasteiger charge is -2.14. The first-order chi connectivity index (χ1) is 18.9. The molecule has 0 aliphatic heterocycles. The number of rotatable bonds is 9. The lowest BCUT2D eigenvalue weighted by atomic mass is 10.1. The van der Waals surface area contributed by atoms with Crippen molar-refractivity contribution in [3.8, 4) is 29.1 Å². The molecule has 0 atom stereocenters. The second-order valence-corrected chi connectivity index (χ2v) is 8.43. The summed E-state index contributed by atoms with van der Waals surface area (Å²) in [5.74, 6) is 1.76. The number of anilines is 3. The number of nitriles is 1. The number of carbonyl (C=O) groups is 1. The highest BCUT2D eigenvalue weighted by atomic mass is 16.5. The first-order valence-corrected chi connectivity index (χ1v) is 12.6. The zero-order valence-corrected chi connectivity index (χ0v) is 22.6. The summed E-state index contributed by atoms with van der Waals surface area (Å²) in [5, 5.41) is 16.1. The molecule has 0 fully saturated rings. The van der Waals surface area contributed by atoms with Gasteiger partial charge in [-0.25, -0.2) is 0 Å². The molecular formula is C31H37N5O4. The molecule has 4 rings (SSSR count). The van der Waals surface area contributed by atoms with E-state index in [0.717, 1.165) is 5.69 Å². The summed E-state index contributed by atoms with van der Waals surface area (Å²) < 4.78 is 16.9. The van der Waals surface area contributed by atoms with Crippen LogP contribution in [0.25, 0.3) is 10.9 Å². The molecule has 1 aromatic heterocycles. The number of hydrogen-bond acceptors (Lipinski definition) is 8. The van der Waals surface area contributed by atoms with Crippen molar-refractivity contribution < 1.29 is 19.0 Å². The molecule has 9 nitrogen and oxygen atoms in total. The van der Waals surface area contributed by atoms with Crippen molar-refractivity contribution >= 4 is 33.9 Å².